The topological polar surface area (TPSA) is 73.4 Å². The summed E-state index contributed by atoms with van der Waals surface area (Å²) in [5.41, 5.74) is 6.60. The lowest BCUT2D eigenvalue weighted by atomic mass is 10.0. The van der Waals surface area contributed by atoms with Crippen LogP contribution in [0.15, 0.2) is 30.6 Å². The standard InChI is InChI=1S/C22H25N7O/c1-5-18-17-12-28(10-9-19(17)27(3)26-18)22-21-20(15-7-6-8-16(11-15)30-4)25-14(2)29(21)24-13-23-22/h6-8,11,13H,5,9-10,12H2,1-4H3. The summed E-state index contributed by atoms with van der Waals surface area (Å²) in [6.45, 7) is 5.80. The molecule has 0 radical (unpaired) electrons. The molecule has 30 heavy (non-hydrogen) atoms. The van der Waals surface area contributed by atoms with E-state index in [1.165, 1.54) is 17.0 Å². The second-order valence-corrected chi connectivity index (χ2v) is 7.60. The highest BCUT2D eigenvalue weighted by molar-refractivity contribution is 5.86. The van der Waals surface area contributed by atoms with Gasteiger partial charge in [-0.1, -0.05) is 19.1 Å². The van der Waals surface area contributed by atoms with Gasteiger partial charge >= 0.3 is 0 Å². The second-order valence-electron chi connectivity index (χ2n) is 7.60. The van der Waals surface area contributed by atoms with Crippen molar-refractivity contribution in [2.45, 2.75) is 33.2 Å². The van der Waals surface area contributed by atoms with Crippen molar-refractivity contribution < 1.29 is 4.74 Å². The van der Waals surface area contributed by atoms with Gasteiger partial charge in [0.25, 0.3) is 0 Å². The third-order valence-electron chi connectivity index (χ3n) is 5.88. The number of imidazole rings is 1. The normalized spacial score (nSPS) is 13.7. The van der Waals surface area contributed by atoms with Crippen molar-refractivity contribution >= 4 is 11.3 Å². The zero-order valence-electron chi connectivity index (χ0n) is 17.8. The van der Waals surface area contributed by atoms with Gasteiger partial charge in [0.1, 0.15) is 29.1 Å². The van der Waals surface area contributed by atoms with Crippen LogP contribution in [0, 0.1) is 6.92 Å². The summed E-state index contributed by atoms with van der Waals surface area (Å²) in [6.07, 6.45) is 3.49. The molecule has 0 atom stereocenters. The van der Waals surface area contributed by atoms with Crippen LogP contribution in [0.2, 0.25) is 0 Å². The number of hydrogen-bond acceptors (Lipinski definition) is 6. The lowest BCUT2D eigenvalue weighted by Gasteiger charge is -2.29. The Bertz CT molecular complexity index is 1240. The number of anilines is 1. The highest BCUT2D eigenvalue weighted by Crippen LogP contribution is 2.34. The maximum Gasteiger partial charge on any atom is 0.159 e. The fourth-order valence-corrected chi connectivity index (χ4v) is 4.40. The number of nitrogens with zero attached hydrogens (tertiary/aromatic N) is 7. The van der Waals surface area contributed by atoms with E-state index in [1.54, 1.807) is 13.4 Å². The molecular weight excluding hydrogens is 378 g/mol. The Labute approximate surface area is 175 Å². The van der Waals surface area contributed by atoms with E-state index in [2.05, 4.69) is 16.9 Å². The summed E-state index contributed by atoms with van der Waals surface area (Å²) in [5.74, 6) is 2.54. The minimum Gasteiger partial charge on any atom is -0.497 e. The molecule has 5 rings (SSSR count). The molecule has 0 aliphatic carbocycles. The average Bonchev–Trinajstić information content (AvgIpc) is 3.30. The van der Waals surface area contributed by atoms with Gasteiger partial charge in [0.15, 0.2) is 5.82 Å². The van der Waals surface area contributed by atoms with Crippen molar-refractivity contribution in [3.63, 3.8) is 0 Å². The molecule has 0 bridgehead atoms. The first-order chi connectivity index (χ1) is 14.6. The second kappa shape index (κ2) is 7.12. The summed E-state index contributed by atoms with van der Waals surface area (Å²) in [6, 6.07) is 7.97. The van der Waals surface area contributed by atoms with E-state index in [9.17, 15) is 0 Å². The molecule has 4 heterocycles. The number of rotatable bonds is 4. The first-order valence-electron chi connectivity index (χ1n) is 10.2. The minimum atomic E-state index is 0.792. The number of hydrogen-bond donors (Lipinski definition) is 0. The molecule has 3 aromatic heterocycles. The Morgan fingerprint density at radius 3 is 2.90 bits per heavy atom. The van der Waals surface area contributed by atoms with E-state index in [0.717, 1.165) is 60.1 Å². The van der Waals surface area contributed by atoms with Crippen LogP contribution in [-0.2, 0) is 26.4 Å². The Hall–Kier alpha value is -3.42. The van der Waals surface area contributed by atoms with E-state index in [4.69, 9.17) is 19.8 Å². The van der Waals surface area contributed by atoms with Gasteiger partial charge in [-0.25, -0.2) is 14.5 Å². The molecule has 0 spiro atoms. The van der Waals surface area contributed by atoms with Gasteiger partial charge in [0, 0.05) is 43.4 Å². The van der Waals surface area contributed by atoms with E-state index >= 15 is 0 Å². The van der Waals surface area contributed by atoms with Gasteiger partial charge < -0.3 is 9.64 Å². The zero-order chi connectivity index (χ0) is 20.8. The van der Waals surface area contributed by atoms with Gasteiger partial charge in [-0.15, -0.1) is 0 Å². The van der Waals surface area contributed by atoms with Crippen LogP contribution in [-0.4, -0.2) is 43.0 Å². The Morgan fingerprint density at radius 2 is 2.10 bits per heavy atom. The monoisotopic (exact) mass is 403 g/mol. The fourth-order valence-electron chi connectivity index (χ4n) is 4.40. The molecular formula is C22H25N7O. The molecule has 0 saturated heterocycles. The highest BCUT2D eigenvalue weighted by atomic mass is 16.5. The van der Waals surface area contributed by atoms with Crippen LogP contribution in [0.5, 0.6) is 5.75 Å². The summed E-state index contributed by atoms with van der Waals surface area (Å²) in [7, 11) is 3.71. The maximum absolute atomic E-state index is 5.42. The SMILES string of the molecule is CCc1nn(C)c2c1CN(c1ncnn3c(C)nc(-c4cccc(OC)c4)c13)CC2. The van der Waals surface area contributed by atoms with Gasteiger partial charge in [-0.2, -0.15) is 10.2 Å². The molecule has 8 heteroatoms. The zero-order valence-corrected chi connectivity index (χ0v) is 17.8. The van der Waals surface area contributed by atoms with Crippen molar-refractivity contribution in [2.24, 2.45) is 7.05 Å². The van der Waals surface area contributed by atoms with E-state index in [1.807, 2.05) is 47.4 Å². The number of aromatic nitrogens is 6. The third-order valence-corrected chi connectivity index (χ3v) is 5.88. The smallest absolute Gasteiger partial charge is 0.159 e. The minimum absolute atomic E-state index is 0.792. The Balaban J connectivity index is 1.65. The molecule has 0 N–H and O–H groups in total. The van der Waals surface area contributed by atoms with Gasteiger partial charge in [-0.3, -0.25) is 4.68 Å². The van der Waals surface area contributed by atoms with E-state index in [0.29, 0.717) is 0 Å². The quantitative estimate of drug-likeness (QED) is 0.522. The summed E-state index contributed by atoms with van der Waals surface area (Å²) in [4.78, 5) is 11.9. The van der Waals surface area contributed by atoms with Crippen molar-refractivity contribution in [1.29, 1.82) is 0 Å². The van der Waals surface area contributed by atoms with Crippen molar-refractivity contribution in [1.82, 2.24) is 29.4 Å². The van der Waals surface area contributed by atoms with Gasteiger partial charge in [0.05, 0.1) is 12.8 Å². The van der Waals surface area contributed by atoms with Crippen LogP contribution >= 0.6 is 0 Å². The molecule has 1 aliphatic heterocycles. The predicted molar refractivity (Wildman–Crippen MR) is 115 cm³/mol. The molecule has 0 saturated carbocycles. The van der Waals surface area contributed by atoms with Gasteiger partial charge in [0.2, 0.25) is 0 Å². The number of ether oxygens (including phenoxy) is 1. The lowest BCUT2D eigenvalue weighted by molar-refractivity contribution is 0.415. The average molecular weight is 403 g/mol. The predicted octanol–water partition coefficient (Wildman–Crippen LogP) is 2.97. The molecule has 0 amide bonds. The van der Waals surface area contributed by atoms with Crippen molar-refractivity contribution in [3.05, 3.63) is 53.4 Å². The summed E-state index contributed by atoms with van der Waals surface area (Å²) < 4.78 is 9.34. The number of fused-ring (bicyclic) bond motifs is 2. The Kier molecular flexibility index (Phi) is 4.42. The van der Waals surface area contributed by atoms with Gasteiger partial charge in [-0.05, 0) is 25.5 Å². The molecule has 0 fully saturated rings. The van der Waals surface area contributed by atoms with Crippen LogP contribution in [0.4, 0.5) is 5.82 Å². The number of methoxy groups -OCH3 is 1. The summed E-state index contributed by atoms with van der Waals surface area (Å²) in [5, 5.41) is 9.19. The van der Waals surface area contributed by atoms with Crippen LogP contribution < -0.4 is 9.64 Å². The van der Waals surface area contributed by atoms with E-state index in [-0.39, 0.29) is 0 Å². The molecule has 0 unspecified atom stereocenters. The molecule has 1 aliphatic rings. The van der Waals surface area contributed by atoms with Crippen LogP contribution in [0.1, 0.15) is 29.7 Å². The largest absolute Gasteiger partial charge is 0.497 e. The molecule has 4 aromatic rings. The van der Waals surface area contributed by atoms with E-state index < -0.39 is 0 Å². The molecule has 8 nitrogen and oxygen atoms in total. The first-order valence-corrected chi connectivity index (χ1v) is 10.2. The van der Waals surface area contributed by atoms with Crippen molar-refractivity contribution in [2.75, 3.05) is 18.6 Å². The Morgan fingerprint density at radius 1 is 1.23 bits per heavy atom. The van der Waals surface area contributed by atoms with Crippen LogP contribution in [0.25, 0.3) is 16.8 Å². The molecule has 154 valence electrons. The van der Waals surface area contributed by atoms with Crippen molar-refractivity contribution in [3.8, 4) is 17.0 Å². The fraction of sp³-hybridized carbons (Fsp3) is 0.364. The number of benzene rings is 1. The number of aryl methyl sites for hydroxylation is 3. The third kappa shape index (κ3) is 2.82. The molecule has 1 aromatic carbocycles. The lowest BCUT2D eigenvalue weighted by Crippen LogP contribution is -2.32. The summed E-state index contributed by atoms with van der Waals surface area (Å²) >= 11 is 0. The van der Waals surface area contributed by atoms with Crippen LogP contribution in [0.3, 0.4) is 0 Å². The first kappa shape index (κ1) is 18.6. The maximum atomic E-state index is 5.42. The highest BCUT2D eigenvalue weighted by Gasteiger charge is 2.27.